The zero-order valence-corrected chi connectivity index (χ0v) is 11.1. The van der Waals surface area contributed by atoms with Gasteiger partial charge >= 0.3 is 0 Å². The smallest absolute Gasteiger partial charge is 0.0281 e. The molecule has 1 saturated carbocycles. The van der Waals surface area contributed by atoms with Gasteiger partial charge in [-0.2, -0.15) is 0 Å². The maximum Gasteiger partial charge on any atom is 0.0281 e. The Morgan fingerprint density at radius 2 is 1.88 bits per heavy atom. The van der Waals surface area contributed by atoms with Crippen molar-refractivity contribution in [3.05, 3.63) is 35.4 Å². The lowest BCUT2D eigenvalue weighted by Crippen LogP contribution is -2.38. The summed E-state index contributed by atoms with van der Waals surface area (Å²) in [5.74, 6) is 7.87. The van der Waals surface area contributed by atoms with Gasteiger partial charge in [0.25, 0.3) is 0 Å². The van der Waals surface area contributed by atoms with Gasteiger partial charge in [-0.3, -0.25) is 11.3 Å². The van der Waals surface area contributed by atoms with Crippen LogP contribution in [0.15, 0.2) is 24.3 Å². The summed E-state index contributed by atoms with van der Waals surface area (Å²) in [6, 6.07) is 9.41. The van der Waals surface area contributed by atoms with E-state index in [1.165, 1.54) is 17.5 Å². The van der Waals surface area contributed by atoms with Crippen molar-refractivity contribution in [3.8, 4) is 0 Å². The van der Waals surface area contributed by atoms with E-state index < -0.39 is 0 Å². The van der Waals surface area contributed by atoms with Crippen LogP contribution in [0.2, 0.25) is 0 Å². The normalized spacial score (nSPS) is 25.0. The van der Waals surface area contributed by atoms with Crippen molar-refractivity contribution >= 4 is 0 Å². The van der Waals surface area contributed by atoms with Crippen LogP contribution in [0.5, 0.6) is 0 Å². The van der Waals surface area contributed by atoms with Gasteiger partial charge in [0.1, 0.15) is 0 Å². The Balaban J connectivity index is 1.98. The van der Waals surface area contributed by atoms with Crippen molar-refractivity contribution in [1.29, 1.82) is 0 Å². The Morgan fingerprint density at radius 1 is 1.29 bits per heavy atom. The molecule has 3 atom stereocenters. The summed E-state index contributed by atoms with van der Waals surface area (Å²) in [6.07, 6.45) is 2.36. The van der Waals surface area contributed by atoms with E-state index in [1.807, 2.05) is 0 Å². The SMILES string of the molecule is CC(C)c1ccc(CC(NN)C2CC2C)cc1. The molecule has 1 aliphatic rings. The van der Waals surface area contributed by atoms with Crippen molar-refractivity contribution in [2.24, 2.45) is 17.7 Å². The molecule has 1 aliphatic carbocycles. The van der Waals surface area contributed by atoms with E-state index >= 15 is 0 Å². The summed E-state index contributed by atoms with van der Waals surface area (Å²) in [4.78, 5) is 0. The van der Waals surface area contributed by atoms with Gasteiger partial charge in [-0.15, -0.1) is 0 Å². The predicted octanol–water partition coefficient (Wildman–Crippen LogP) is 2.84. The van der Waals surface area contributed by atoms with E-state index in [0.29, 0.717) is 12.0 Å². The third-order valence-corrected chi connectivity index (χ3v) is 4.00. The number of nitrogens with one attached hydrogen (secondary N) is 1. The van der Waals surface area contributed by atoms with Gasteiger partial charge < -0.3 is 0 Å². The van der Waals surface area contributed by atoms with Gasteiger partial charge in [-0.05, 0) is 41.7 Å². The minimum Gasteiger partial charge on any atom is -0.271 e. The average molecular weight is 232 g/mol. The third kappa shape index (κ3) is 3.08. The summed E-state index contributed by atoms with van der Waals surface area (Å²) in [6.45, 7) is 6.76. The predicted molar refractivity (Wildman–Crippen MR) is 72.6 cm³/mol. The molecule has 1 fully saturated rings. The van der Waals surface area contributed by atoms with Crippen LogP contribution in [-0.2, 0) is 6.42 Å². The minimum atomic E-state index is 0.440. The lowest BCUT2D eigenvalue weighted by Gasteiger charge is -2.16. The van der Waals surface area contributed by atoms with E-state index in [2.05, 4.69) is 50.5 Å². The second-order valence-corrected chi connectivity index (χ2v) is 5.75. The monoisotopic (exact) mass is 232 g/mol. The standard InChI is InChI=1S/C15H24N2/c1-10(2)13-6-4-12(5-7-13)9-15(17-16)14-8-11(14)3/h4-7,10-11,14-15,17H,8-9,16H2,1-3H3. The first-order chi connectivity index (χ1) is 8.11. The Morgan fingerprint density at radius 3 is 2.29 bits per heavy atom. The zero-order valence-electron chi connectivity index (χ0n) is 11.1. The average Bonchev–Trinajstić information content (AvgIpc) is 3.04. The first-order valence-corrected chi connectivity index (χ1v) is 6.66. The molecule has 0 aliphatic heterocycles. The molecule has 1 aromatic carbocycles. The van der Waals surface area contributed by atoms with Crippen LogP contribution >= 0.6 is 0 Å². The molecule has 0 amide bonds. The highest BCUT2D eigenvalue weighted by molar-refractivity contribution is 5.25. The highest BCUT2D eigenvalue weighted by Gasteiger charge is 2.38. The molecule has 3 N–H and O–H groups in total. The quantitative estimate of drug-likeness (QED) is 0.605. The van der Waals surface area contributed by atoms with Crippen LogP contribution in [0.4, 0.5) is 0 Å². The van der Waals surface area contributed by atoms with Gasteiger partial charge in [-0.25, -0.2) is 0 Å². The molecule has 0 spiro atoms. The number of benzene rings is 1. The van der Waals surface area contributed by atoms with Gasteiger partial charge in [0, 0.05) is 6.04 Å². The lowest BCUT2D eigenvalue weighted by atomic mass is 9.97. The first-order valence-electron chi connectivity index (χ1n) is 6.66. The molecular formula is C15H24N2. The van der Waals surface area contributed by atoms with Crippen LogP contribution in [-0.4, -0.2) is 6.04 Å². The van der Waals surface area contributed by atoms with Gasteiger partial charge in [0.2, 0.25) is 0 Å². The van der Waals surface area contributed by atoms with E-state index in [0.717, 1.165) is 18.3 Å². The fourth-order valence-corrected chi connectivity index (χ4v) is 2.54. The molecule has 0 saturated heterocycles. The molecule has 0 bridgehead atoms. The third-order valence-electron chi connectivity index (χ3n) is 4.00. The fraction of sp³-hybridized carbons (Fsp3) is 0.600. The van der Waals surface area contributed by atoms with Crippen molar-refractivity contribution in [1.82, 2.24) is 5.43 Å². The molecular weight excluding hydrogens is 208 g/mol. The minimum absolute atomic E-state index is 0.440. The van der Waals surface area contributed by atoms with Crippen molar-refractivity contribution < 1.29 is 0 Å². The van der Waals surface area contributed by atoms with E-state index in [4.69, 9.17) is 5.84 Å². The Kier molecular flexibility index (Phi) is 3.85. The largest absolute Gasteiger partial charge is 0.271 e. The van der Waals surface area contributed by atoms with E-state index in [9.17, 15) is 0 Å². The molecule has 0 aromatic heterocycles. The Bertz CT molecular complexity index is 356. The van der Waals surface area contributed by atoms with Crippen molar-refractivity contribution in [3.63, 3.8) is 0 Å². The lowest BCUT2D eigenvalue weighted by molar-refractivity contribution is 0.454. The summed E-state index contributed by atoms with van der Waals surface area (Å²) < 4.78 is 0. The van der Waals surface area contributed by atoms with Crippen LogP contribution in [0.1, 0.15) is 44.2 Å². The topological polar surface area (TPSA) is 38.0 Å². The molecule has 0 radical (unpaired) electrons. The van der Waals surface area contributed by atoms with Gasteiger partial charge in [0.05, 0.1) is 0 Å². The molecule has 1 aromatic rings. The van der Waals surface area contributed by atoms with Crippen LogP contribution < -0.4 is 11.3 Å². The molecule has 0 heterocycles. The van der Waals surface area contributed by atoms with Crippen LogP contribution in [0, 0.1) is 11.8 Å². The Labute approximate surface area is 105 Å². The molecule has 3 unspecified atom stereocenters. The number of nitrogens with two attached hydrogens (primary N) is 1. The summed E-state index contributed by atoms with van der Waals surface area (Å²) in [7, 11) is 0. The zero-order chi connectivity index (χ0) is 12.4. The number of hydrazine groups is 1. The highest BCUT2D eigenvalue weighted by atomic mass is 15.2. The maximum atomic E-state index is 5.65. The summed E-state index contributed by atoms with van der Waals surface area (Å²) in [5, 5.41) is 0. The molecule has 2 rings (SSSR count). The summed E-state index contributed by atoms with van der Waals surface area (Å²) in [5.41, 5.74) is 5.77. The second-order valence-electron chi connectivity index (χ2n) is 5.75. The van der Waals surface area contributed by atoms with Crippen LogP contribution in [0.25, 0.3) is 0 Å². The van der Waals surface area contributed by atoms with E-state index in [1.54, 1.807) is 0 Å². The molecule has 94 valence electrons. The van der Waals surface area contributed by atoms with Gasteiger partial charge in [-0.1, -0.05) is 45.0 Å². The van der Waals surface area contributed by atoms with Crippen molar-refractivity contribution in [2.45, 2.75) is 45.6 Å². The molecule has 2 heteroatoms. The molecule has 2 nitrogen and oxygen atoms in total. The number of hydrogen-bond acceptors (Lipinski definition) is 2. The maximum absolute atomic E-state index is 5.65. The van der Waals surface area contributed by atoms with Crippen LogP contribution in [0.3, 0.4) is 0 Å². The number of hydrogen-bond donors (Lipinski definition) is 2. The van der Waals surface area contributed by atoms with Gasteiger partial charge in [0.15, 0.2) is 0 Å². The number of rotatable bonds is 5. The highest BCUT2D eigenvalue weighted by Crippen LogP contribution is 2.41. The Hall–Kier alpha value is -0.860. The second kappa shape index (κ2) is 5.19. The fourth-order valence-electron chi connectivity index (χ4n) is 2.54. The molecule has 17 heavy (non-hydrogen) atoms. The van der Waals surface area contributed by atoms with Crippen molar-refractivity contribution in [2.75, 3.05) is 0 Å². The van der Waals surface area contributed by atoms with E-state index in [-0.39, 0.29) is 0 Å². The summed E-state index contributed by atoms with van der Waals surface area (Å²) >= 11 is 0. The first kappa shape index (κ1) is 12.6.